The average molecular weight is 390 g/mol. The normalized spacial score (nSPS) is 12.1. The van der Waals surface area contributed by atoms with Gasteiger partial charge in [-0.15, -0.1) is 0 Å². The van der Waals surface area contributed by atoms with Gasteiger partial charge in [-0.25, -0.2) is 16.8 Å². The summed E-state index contributed by atoms with van der Waals surface area (Å²) in [7, 11) is -7.06. The predicted octanol–water partition coefficient (Wildman–Crippen LogP) is 2.65. The van der Waals surface area contributed by atoms with Crippen LogP contribution >= 0.6 is 15.9 Å². The summed E-state index contributed by atoms with van der Waals surface area (Å²) >= 11 is 3.17. The van der Waals surface area contributed by atoms with E-state index in [4.69, 9.17) is 0 Å². The molecule has 0 unspecified atom stereocenters. The smallest absolute Gasteiger partial charge is 0.229 e. The fourth-order valence-corrected chi connectivity index (χ4v) is 4.33. The Morgan fingerprint density at radius 3 is 2.05 bits per heavy atom. The summed E-state index contributed by atoms with van der Waals surface area (Å²) in [5.74, 6) is 0. The number of hydrogen-bond acceptors (Lipinski definition) is 4. The van der Waals surface area contributed by atoms with Crippen molar-refractivity contribution in [1.29, 1.82) is 0 Å². The second-order valence-electron chi connectivity index (χ2n) is 4.33. The van der Waals surface area contributed by atoms with Gasteiger partial charge in [0.2, 0.25) is 19.9 Å². The molecule has 0 heterocycles. The number of nitrogens with one attached hydrogen (secondary N) is 1. The summed E-state index contributed by atoms with van der Waals surface area (Å²) in [6.45, 7) is 0. The van der Waals surface area contributed by atoms with Gasteiger partial charge >= 0.3 is 0 Å². The van der Waals surface area contributed by atoms with Crippen molar-refractivity contribution in [2.75, 3.05) is 11.0 Å². The van der Waals surface area contributed by atoms with Crippen LogP contribution in [0.3, 0.4) is 0 Å². The molecule has 2 aromatic rings. The summed E-state index contributed by atoms with van der Waals surface area (Å²) in [6, 6.07) is 12.2. The fourth-order valence-electron chi connectivity index (χ4n) is 1.68. The van der Waals surface area contributed by atoms with E-state index in [0.717, 1.165) is 6.26 Å². The average Bonchev–Trinajstić information content (AvgIpc) is 2.40. The van der Waals surface area contributed by atoms with Crippen molar-refractivity contribution in [1.82, 2.24) is 0 Å². The largest absolute Gasteiger partial charge is 0.283 e. The van der Waals surface area contributed by atoms with Gasteiger partial charge in [0.1, 0.15) is 0 Å². The molecule has 0 aliphatic rings. The van der Waals surface area contributed by atoms with E-state index in [2.05, 4.69) is 20.7 Å². The SMILES string of the molecule is CS(=O)(=O)Nc1ccc(S(=O)(=O)c2ccccc2)cc1Br. The van der Waals surface area contributed by atoms with Crippen LogP contribution in [0.15, 0.2) is 62.8 Å². The summed E-state index contributed by atoms with van der Waals surface area (Å²) in [5, 5.41) is 0. The molecule has 2 rings (SSSR count). The van der Waals surface area contributed by atoms with E-state index in [1.807, 2.05) is 0 Å². The number of anilines is 1. The quantitative estimate of drug-likeness (QED) is 0.871. The molecule has 0 spiro atoms. The Labute approximate surface area is 132 Å². The highest BCUT2D eigenvalue weighted by molar-refractivity contribution is 9.10. The lowest BCUT2D eigenvalue weighted by Crippen LogP contribution is -2.10. The van der Waals surface area contributed by atoms with Crippen LogP contribution in [0, 0.1) is 0 Å². The third kappa shape index (κ3) is 3.84. The van der Waals surface area contributed by atoms with Crippen LogP contribution < -0.4 is 4.72 Å². The van der Waals surface area contributed by atoms with Crippen molar-refractivity contribution < 1.29 is 16.8 Å². The lowest BCUT2D eigenvalue weighted by molar-refractivity contribution is 0.596. The van der Waals surface area contributed by atoms with E-state index in [1.54, 1.807) is 18.2 Å². The summed E-state index contributed by atoms with van der Waals surface area (Å²) < 4.78 is 49.9. The Hall–Kier alpha value is -1.38. The molecule has 0 saturated heterocycles. The molecule has 8 heteroatoms. The van der Waals surface area contributed by atoms with Gasteiger partial charge in [0.05, 0.1) is 21.7 Å². The first-order valence-electron chi connectivity index (χ1n) is 5.77. The van der Waals surface area contributed by atoms with Crippen LogP contribution in [0.5, 0.6) is 0 Å². The standard InChI is InChI=1S/C13H12BrNO4S2/c1-20(16,17)15-13-8-7-11(9-12(13)14)21(18,19)10-5-3-2-4-6-10/h2-9,15H,1H3. The molecule has 2 aromatic carbocycles. The molecule has 0 atom stereocenters. The van der Waals surface area contributed by atoms with Gasteiger partial charge in [-0.3, -0.25) is 4.72 Å². The number of sulfone groups is 1. The number of rotatable bonds is 4. The molecule has 112 valence electrons. The highest BCUT2D eigenvalue weighted by Gasteiger charge is 2.18. The Bertz CT molecular complexity index is 862. The minimum atomic E-state index is -3.63. The third-order valence-electron chi connectivity index (χ3n) is 2.60. The molecule has 0 aliphatic heterocycles. The fraction of sp³-hybridized carbons (Fsp3) is 0.0769. The predicted molar refractivity (Wildman–Crippen MR) is 84.5 cm³/mol. The van der Waals surface area contributed by atoms with Crippen LogP contribution in [0.2, 0.25) is 0 Å². The number of benzene rings is 2. The monoisotopic (exact) mass is 389 g/mol. The third-order valence-corrected chi connectivity index (χ3v) is 5.61. The van der Waals surface area contributed by atoms with Gasteiger partial charge in [0.15, 0.2) is 0 Å². The van der Waals surface area contributed by atoms with Gasteiger partial charge in [0.25, 0.3) is 0 Å². The molecule has 5 nitrogen and oxygen atoms in total. The maximum atomic E-state index is 12.4. The summed E-state index contributed by atoms with van der Waals surface area (Å²) in [5.41, 5.74) is 0.282. The molecule has 1 N–H and O–H groups in total. The van der Waals surface area contributed by atoms with Crippen LogP contribution in [0.4, 0.5) is 5.69 Å². The van der Waals surface area contributed by atoms with Crippen LogP contribution in [0.25, 0.3) is 0 Å². The minimum absolute atomic E-state index is 0.0830. The topological polar surface area (TPSA) is 80.3 Å². The van der Waals surface area contributed by atoms with Gasteiger partial charge < -0.3 is 0 Å². The maximum absolute atomic E-state index is 12.4. The Morgan fingerprint density at radius 2 is 1.52 bits per heavy atom. The van der Waals surface area contributed by atoms with Crippen LogP contribution in [0.1, 0.15) is 0 Å². The Balaban J connectivity index is 2.46. The maximum Gasteiger partial charge on any atom is 0.229 e. The number of hydrogen-bond donors (Lipinski definition) is 1. The first kappa shape index (κ1) is 16.0. The van der Waals surface area contributed by atoms with Crippen molar-refractivity contribution in [3.8, 4) is 0 Å². The second-order valence-corrected chi connectivity index (χ2v) is 8.88. The molecule has 0 saturated carbocycles. The van der Waals surface area contributed by atoms with E-state index in [9.17, 15) is 16.8 Å². The van der Waals surface area contributed by atoms with Crippen molar-refractivity contribution in [3.63, 3.8) is 0 Å². The van der Waals surface area contributed by atoms with Crippen molar-refractivity contribution in [3.05, 3.63) is 53.0 Å². The van der Waals surface area contributed by atoms with E-state index >= 15 is 0 Å². The zero-order chi connectivity index (χ0) is 15.7. The Morgan fingerprint density at radius 1 is 0.905 bits per heavy atom. The first-order chi connectivity index (χ1) is 9.70. The van der Waals surface area contributed by atoms with Crippen molar-refractivity contribution in [2.45, 2.75) is 9.79 Å². The van der Waals surface area contributed by atoms with Gasteiger partial charge in [-0.05, 0) is 46.3 Å². The van der Waals surface area contributed by atoms with E-state index in [-0.39, 0.29) is 15.5 Å². The molecule has 21 heavy (non-hydrogen) atoms. The molecule has 0 amide bonds. The Kier molecular flexibility index (Phi) is 4.40. The van der Waals surface area contributed by atoms with Gasteiger partial charge in [-0.1, -0.05) is 18.2 Å². The lowest BCUT2D eigenvalue weighted by Gasteiger charge is -2.09. The minimum Gasteiger partial charge on any atom is -0.283 e. The lowest BCUT2D eigenvalue weighted by atomic mass is 10.3. The van der Waals surface area contributed by atoms with Crippen molar-refractivity contribution in [2.24, 2.45) is 0 Å². The highest BCUT2D eigenvalue weighted by atomic mass is 79.9. The van der Waals surface area contributed by atoms with Gasteiger partial charge in [-0.2, -0.15) is 0 Å². The summed E-state index contributed by atoms with van der Waals surface area (Å²) in [4.78, 5) is 0.264. The zero-order valence-electron chi connectivity index (χ0n) is 10.9. The van der Waals surface area contributed by atoms with E-state index in [0.29, 0.717) is 4.47 Å². The van der Waals surface area contributed by atoms with Crippen LogP contribution in [-0.2, 0) is 19.9 Å². The molecular weight excluding hydrogens is 378 g/mol. The zero-order valence-corrected chi connectivity index (χ0v) is 14.2. The van der Waals surface area contributed by atoms with E-state index < -0.39 is 19.9 Å². The van der Waals surface area contributed by atoms with E-state index in [1.165, 1.54) is 30.3 Å². The highest BCUT2D eigenvalue weighted by Crippen LogP contribution is 2.29. The van der Waals surface area contributed by atoms with Crippen LogP contribution in [-0.4, -0.2) is 23.1 Å². The molecular formula is C13H12BrNO4S2. The number of halogens is 1. The first-order valence-corrected chi connectivity index (χ1v) is 9.94. The molecule has 0 aromatic heterocycles. The molecule has 0 bridgehead atoms. The molecule has 0 fully saturated rings. The molecule has 0 radical (unpaired) electrons. The van der Waals surface area contributed by atoms with Crippen molar-refractivity contribution >= 4 is 41.5 Å². The number of sulfonamides is 1. The molecule has 0 aliphatic carbocycles. The summed E-state index contributed by atoms with van der Waals surface area (Å²) in [6.07, 6.45) is 1.02. The second kappa shape index (κ2) is 5.78. The van der Waals surface area contributed by atoms with Gasteiger partial charge in [0, 0.05) is 4.47 Å².